The zero-order valence-corrected chi connectivity index (χ0v) is 10.8. The Morgan fingerprint density at radius 1 is 0.944 bits per heavy atom. The van der Waals surface area contributed by atoms with Crippen LogP contribution in [0, 0.1) is 0 Å². The molecule has 0 bridgehead atoms. The van der Waals surface area contributed by atoms with E-state index < -0.39 is 9.84 Å². The Balaban J connectivity index is 2.19. The second-order valence-corrected chi connectivity index (χ2v) is 5.95. The molecule has 2 rings (SSSR count). The van der Waals surface area contributed by atoms with Gasteiger partial charge in [0.1, 0.15) is 0 Å². The third-order valence-corrected chi connectivity index (χ3v) is 3.56. The molecule has 18 heavy (non-hydrogen) atoms. The van der Waals surface area contributed by atoms with Gasteiger partial charge < -0.3 is 0 Å². The maximum absolute atomic E-state index is 11.3. The summed E-state index contributed by atoms with van der Waals surface area (Å²) in [6.07, 6.45) is 2.94. The van der Waals surface area contributed by atoms with E-state index in [0.29, 0.717) is 4.90 Å². The highest BCUT2D eigenvalue weighted by molar-refractivity contribution is 7.90. The van der Waals surface area contributed by atoms with E-state index in [1.54, 1.807) is 30.5 Å². The van der Waals surface area contributed by atoms with Crippen molar-refractivity contribution in [2.24, 2.45) is 4.99 Å². The second kappa shape index (κ2) is 5.14. The number of rotatable bonds is 3. The molecule has 2 aromatic rings. The number of benzene rings is 2. The Bertz CT molecular complexity index is 644. The van der Waals surface area contributed by atoms with Crippen molar-refractivity contribution >= 4 is 21.7 Å². The van der Waals surface area contributed by atoms with Crippen molar-refractivity contribution < 1.29 is 8.42 Å². The van der Waals surface area contributed by atoms with Gasteiger partial charge in [-0.25, -0.2) is 8.42 Å². The van der Waals surface area contributed by atoms with Crippen molar-refractivity contribution in [2.45, 2.75) is 4.90 Å². The highest BCUT2D eigenvalue weighted by Crippen LogP contribution is 2.16. The Labute approximate surface area is 107 Å². The third-order valence-electron chi connectivity index (χ3n) is 2.43. The lowest BCUT2D eigenvalue weighted by Gasteiger charge is -1.98. The van der Waals surface area contributed by atoms with E-state index in [0.717, 1.165) is 11.3 Å². The predicted octanol–water partition coefficient (Wildman–Crippen LogP) is 2.84. The molecular formula is C14H13NO2S. The summed E-state index contributed by atoms with van der Waals surface area (Å²) < 4.78 is 22.6. The number of nitrogens with zero attached hydrogens (tertiary/aromatic N) is 1. The highest BCUT2D eigenvalue weighted by atomic mass is 32.2. The molecule has 0 saturated heterocycles. The number of sulfone groups is 1. The third kappa shape index (κ3) is 3.28. The summed E-state index contributed by atoms with van der Waals surface area (Å²) in [4.78, 5) is 4.59. The fourth-order valence-electron chi connectivity index (χ4n) is 1.47. The van der Waals surface area contributed by atoms with Crippen LogP contribution in [0.1, 0.15) is 5.56 Å². The lowest BCUT2D eigenvalue weighted by atomic mass is 10.2. The monoisotopic (exact) mass is 259 g/mol. The van der Waals surface area contributed by atoms with Crippen LogP contribution in [0.3, 0.4) is 0 Å². The van der Waals surface area contributed by atoms with E-state index in [-0.39, 0.29) is 0 Å². The number of hydrogen-bond donors (Lipinski definition) is 0. The average Bonchev–Trinajstić information content (AvgIpc) is 2.37. The molecule has 0 aromatic heterocycles. The van der Waals surface area contributed by atoms with E-state index in [2.05, 4.69) is 4.99 Å². The Kier molecular flexibility index (Phi) is 3.58. The van der Waals surface area contributed by atoms with Crippen LogP contribution >= 0.6 is 0 Å². The molecule has 0 aliphatic heterocycles. The summed E-state index contributed by atoms with van der Waals surface area (Å²) in [6, 6.07) is 16.2. The van der Waals surface area contributed by atoms with Crippen molar-refractivity contribution in [3.63, 3.8) is 0 Å². The Morgan fingerprint density at radius 2 is 1.56 bits per heavy atom. The minimum atomic E-state index is -3.14. The lowest BCUT2D eigenvalue weighted by molar-refractivity contribution is 0.602. The summed E-state index contributed by atoms with van der Waals surface area (Å²) in [6.45, 7) is 0. The van der Waals surface area contributed by atoms with Crippen molar-refractivity contribution in [2.75, 3.05) is 6.26 Å². The first-order valence-corrected chi connectivity index (χ1v) is 7.34. The molecule has 0 spiro atoms. The minimum Gasteiger partial charge on any atom is -0.256 e. The van der Waals surface area contributed by atoms with E-state index in [9.17, 15) is 8.42 Å². The van der Waals surface area contributed by atoms with Gasteiger partial charge in [0.15, 0.2) is 9.84 Å². The van der Waals surface area contributed by atoms with Crippen LogP contribution < -0.4 is 0 Å². The van der Waals surface area contributed by atoms with E-state index in [4.69, 9.17) is 0 Å². The average molecular weight is 259 g/mol. The van der Waals surface area contributed by atoms with E-state index >= 15 is 0 Å². The van der Waals surface area contributed by atoms with E-state index in [1.165, 1.54) is 6.26 Å². The van der Waals surface area contributed by atoms with Gasteiger partial charge in [-0.2, -0.15) is 0 Å². The topological polar surface area (TPSA) is 46.5 Å². The van der Waals surface area contributed by atoms with Crippen LogP contribution in [-0.4, -0.2) is 20.9 Å². The van der Waals surface area contributed by atoms with Crippen LogP contribution in [-0.2, 0) is 9.84 Å². The predicted molar refractivity (Wildman–Crippen MR) is 73.2 cm³/mol. The van der Waals surface area contributed by atoms with Crippen molar-refractivity contribution in [3.8, 4) is 0 Å². The quantitative estimate of drug-likeness (QED) is 0.796. The smallest absolute Gasteiger partial charge is 0.175 e. The van der Waals surface area contributed by atoms with Gasteiger partial charge in [-0.05, 0) is 29.8 Å². The normalized spacial score (nSPS) is 11.8. The highest BCUT2D eigenvalue weighted by Gasteiger charge is 2.05. The molecule has 0 aliphatic rings. The summed E-state index contributed by atoms with van der Waals surface area (Å²) in [5.74, 6) is 0. The SMILES string of the molecule is CS(=O)(=O)c1ccc(N=Cc2ccccc2)cc1. The number of hydrogen-bond acceptors (Lipinski definition) is 3. The minimum absolute atomic E-state index is 0.307. The van der Waals surface area contributed by atoms with Gasteiger partial charge in [0.05, 0.1) is 10.6 Å². The molecule has 92 valence electrons. The molecule has 0 heterocycles. The van der Waals surface area contributed by atoms with Gasteiger partial charge in [-0.1, -0.05) is 30.3 Å². The zero-order valence-electron chi connectivity index (χ0n) is 9.95. The van der Waals surface area contributed by atoms with Gasteiger partial charge in [0, 0.05) is 12.5 Å². The van der Waals surface area contributed by atoms with Gasteiger partial charge in [0.2, 0.25) is 0 Å². The van der Waals surface area contributed by atoms with Crippen molar-refractivity contribution in [1.82, 2.24) is 0 Å². The Hall–Kier alpha value is -1.94. The standard InChI is InChI=1S/C14H13NO2S/c1-18(16,17)14-9-7-13(8-10-14)15-11-12-5-3-2-4-6-12/h2-11H,1H3. The first kappa shape index (κ1) is 12.5. The van der Waals surface area contributed by atoms with Crippen LogP contribution in [0.15, 0.2) is 64.5 Å². The first-order chi connectivity index (χ1) is 8.55. The van der Waals surface area contributed by atoms with Crippen LogP contribution in [0.2, 0.25) is 0 Å². The van der Waals surface area contributed by atoms with Crippen molar-refractivity contribution in [1.29, 1.82) is 0 Å². The largest absolute Gasteiger partial charge is 0.256 e. The fraction of sp³-hybridized carbons (Fsp3) is 0.0714. The molecular weight excluding hydrogens is 246 g/mol. The first-order valence-electron chi connectivity index (χ1n) is 5.45. The summed E-state index contributed by atoms with van der Waals surface area (Å²) >= 11 is 0. The molecule has 0 fully saturated rings. The molecule has 0 atom stereocenters. The van der Waals surface area contributed by atoms with Crippen LogP contribution in [0.4, 0.5) is 5.69 Å². The summed E-state index contributed by atoms with van der Waals surface area (Å²) in [7, 11) is -3.14. The molecule has 0 N–H and O–H groups in total. The van der Waals surface area contributed by atoms with Gasteiger partial charge in [-0.15, -0.1) is 0 Å². The molecule has 2 aromatic carbocycles. The maximum atomic E-state index is 11.3. The summed E-state index contributed by atoms with van der Waals surface area (Å²) in [5, 5.41) is 0. The zero-order chi connectivity index (χ0) is 13.0. The van der Waals surface area contributed by atoms with Gasteiger partial charge in [0.25, 0.3) is 0 Å². The second-order valence-electron chi connectivity index (χ2n) is 3.93. The van der Waals surface area contributed by atoms with Gasteiger partial charge in [-0.3, -0.25) is 4.99 Å². The van der Waals surface area contributed by atoms with Crippen LogP contribution in [0.25, 0.3) is 0 Å². The number of aliphatic imine (C=N–C) groups is 1. The molecule has 0 saturated carbocycles. The van der Waals surface area contributed by atoms with E-state index in [1.807, 2.05) is 30.3 Å². The summed E-state index contributed by atoms with van der Waals surface area (Å²) in [5.41, 5.74) is 1.73. The molecule has 0 amide bonds. The molecule has 0 unspecified atom stereocenters. The molecule has 0 aliphatic carbocycles. The lowest BCUT2D eigenvalue weighted by Crippen LogP contribution is -1.95. The van der Waals surface area contributed by atoms with Gasteiger partial charge >= 0.3 is 0 Å². The van der Waals surface area contributed by atoms with Crippen molar-refractivity contribution in [3.05, 3.63) is 60.2 Å². The molecule has 4 heteroatoms. The molecule has 3 nitrogen and oxygen atoms in total. The fourth-order valence-corrected chi connectivity index (χ4v) is 2.10. The maximum Gasteiger partial charge on any atom is 0.175 e. The van der Waals surface area contributed by atoms with Crippen LogP contribution in [0.5, 0.6) is 0 Å². The molecule has 0 radical (unpaired) electrons. The Morgan fingerprint density at radius 3 is 2.11 bits per heavy atom.